The summed E-state index contributed by atoms with van der Waals surface area (Å²) in [6.07, 6.45) is 12.1. The number of halogens is 1. The summed E-state index contributed by atoms with van der Waals surface area (Å²) < 4.78 is 25.0. The number of urea groups is 1. The van der Waals surface area contributed by atoms with E-state index in [1.165, 1.54) is 13.2 Å². The van der Waals surface area contributed by atoms with E-state index >= 15 is 0 Å². The number of nitrogens with one attached hydrogen (secondary N) is 1. The van der Waals surface area contributed by atoms with Crippen LogP contribution in [0.25, 0.3) is 10.9 Å². The van der Waals surface area contributed by atoms with Gasteiger partial charge in [0.25, 0.3) is 0 Å². The molecule has 0 spiro atoms. The Balaban J connectivity index is 1.48. The number of pyridine rings is 1. The SMILES string of the molecule is COc1cc2c(Oc3ccc(NC(=O)N(C)C4=CC=CCC=C4)cc3)ccnc2cc1F. The van der Waals surface area contributed by atoms with Gasteiger partial charge in [0.2, 0.25) is 0 Å². The van der Waals surface area contributed by atoms with Gasteiger partial charge in [0.05, 0.1) is 12.6 Å². The van der Waals surface area contributed by atoms with Crippen LogP contribution in [0.1, 0.15) is 6.42 Å². The molecule has 0 bridgehead atoms. The number of aromatic nitrogens is 1. The summed E-state index contributed by atoms with van der Waals surface area (Å²) in [5, 5.41) is 3.49. The number of nitrogens with zero attached hydrogens (tertiary/aromatic N) is 2. The minimum absolute atomic E-state index is 0.117. The van der Waals surface area contributed by atoms with Crippen LogP contribution in [0.3, 0.4) is 0 Å². The molecule has 2 aromatic carbocycles. The number of allylic oxidation sites excluding steroid dienone is 5. The van der Waals surface area contributed by atoms with Crippen molar-refractivity contribution in [3.63, 3.8) is 0 Å². The average molecular weight is 431 g/mol. The van der Waals surface area contributed by atoms with Gasteiger partial charge in [-0.3, -0.25) is 9.88 Å². The van der Waals surface area contributed by atoms with Crippen LogP contribution in [-0.4, -0.2) is 30.1 Å². The quantitative estimate of drug-likeness (QED) is 0.535. The van der Waals surface area contributed by atoms with E-state index in [0.717, 1.165) is 12.1 Å². The van der Waals surface area contributed by atoms with Crippen molar-refractivity contribution in [2.45, 2.75) is 6.42 Å². The van der Waals surface area contributed by atoms with E-state index in [1.54, 1.807) is 54.5 Å². The number of fused-ring (bicyclic) bond motifs is 1. The van der Waals surface area contributed by atoms with Crippen molar-refractivity contribution in [1.82, 2.24) is 9.88 Å². The molecule has 0 atom stereocenters. The standard InChI is InChI=1S/C25H22FN3O3/c1-29(18-7-5-3-4-6-8-18)25(30)28-17-9-11-19(12-10-17)32-23-13-14-27-22-16-21(26)24(31-2)15-20(22)23/h3,5-16H,4H2,1-2H3,(H,28,30). The number of hydrogen-bond donors (Lipinski definition) is 1. The van der Waals surface area contributed by atoms with E-state index in [0.29, 0.717) is 28.1 Å². The van der Waals surface area contributed by atoms with Gasteiger partial charge < -0.3 is 14.8 Å². The molecule has 1 aromatic heterocycles. The molecule has 1 aliphatic carbocycles. The molecule has 2 amide bonds. The lowest BCUT2D eigenvalue weighted by Gasteiger charge is -2.19. The highest BCUT2D eigenvalue weighted by Gasteiger charge is 2.13. The Bertz CT molecular complexity index is 1230. The smallest absolute Gasteiger partial charge is 0.326 e. The Morgan fingerprint density at radius 2 is 1.94 bits per heavy atom. The number of anilines is 1. The third kappa shape index (κ3) is 4.62. The van der Waals surface area contributed by atoms with Gasteiger partial charge in [-0.05, 0) is 55.0 Å². The van der Waals surface area contributed by atoms with Crippen molar-refractivity contribution < 1.29 is 18.7 Å². The topological polar surface area (TPSA) is 63.7 Å². The highest BCUT2D eigenvalue weighted by atomic mass is 19.1. The predicted molar refractivity (Wildman–Crippen MR) is 123 cm³/mol. The summed E-state index contributed by atoms with van der Waals surface area (Å²) >= 11 is 0. The average Bonchev–Trinajstić information content (AvgIpc) is 3.09. The van der Waals surface area contributed by atoms with Gasteiger partial charge >= 0.3 is 6.03 Å². The number of likely N-dealkylation sites (N-methyl/N-ethyl adjacent to an activating group) is 1. The van der Waals surface area contributed by atoms with Gasteiger partial charge in [0.15, 0.2) is 11.6 Å². The van der Waals surface area contributed by atoms with Gasteiger partial charge in [-0.2, -0.15) is 0 Å². The van der Waals surface area contributed by atoms with E-state index in [1.807, 2.05) is 30.4 Å². The summed E-state index contributed by atoms with van der Waals surface area (Å²) in [6.45, 7) is 0. The largest absolute Gasteiger partial charge is 0.494 e. The number of ether oxygens (including phenoxy) is 2. The highest BCUT2D eigenvalue weighted by molar-refractivity contribution is 5.91. The first-order chi connectivity index (χ1) is 15.5. The second kappa shape index (κ2) is 9.34. The fourth-order valence-electron chi connectivity index (χ4n) is 3.22. The molecule has 4 rings (SSSR count). The summed E-state index contributed by atoms with van der Waals surface area (Å²) in [7, 11) is 3.12. The molecule has 7 heteroatoms. The molecule has 6 nitrogen and oxygen atoms in total. The number of carbonyl (C=O) groups excluding carboxylic acids is 1. The first-order valence-electron chi connectivity index (χ1n) is 10.0. The minimum atomic E-state index is -0.485. The van der Waals surface area contributed by atoms with E-state index < -0.39 is 5.82 Å². The van der Waals surface area contributed by atoms with Gasteiger partial charge in [-0.15, -0.1) is 0 Å². The molecule has 0 saturated heterocycles. The third-order valence-corrected chi connectivity index (χ3v) is 4.96. The van der Waals surface area contributed by atoms with Gasteiger partial charge in [0, 0.05) is 36.1 Å². The number of amides is 2. The zero-order valence-corrected chi connectivity index (χ0v) is 17.7. The van der Waals surface area contributed by atoms with Crippen molar-refractivity contribution in [2.24, 2.45) is 0 Å². The lowest BCUT2D eigenvalue weighted by atomic mass is 10.2. The van der Waals surface area contributed by atoms with Crippen molar-refractivity contribution in [3.05, 3.63) is 90.6 Å². The van der Waals surface area contributed by atoms with Crippen LogP contribution >= 0.6 is 0 Å². The Hall–Kier alpha value is -4.13. The number of benzene rings is 2. The Morgan fingerprint density at radius 1 is 1.12 bits per heavy atom. The fourth-order valence-corrected chi connectivity index (χ4v) is 3.22. The zero-order valence-electron chi connectivity index (χ0n) is 17.7. The number of rotatable bonds is 5. The van der Waals surface area contributed by atoms with Crippen LogP contribution in [-0.2, 0) is 0 Å². The number of carbonyl (C=O) groups is 1. The first-order valence-corrected chi connectivity index (χ1v) is 10.0. The predicted octanol–water partition coefficient (Wildman–Crippen LogP) is 6.04. The van der Waals surface area contributed by atoms with E-state index in [-0.39, 0.29) is 11.8 Å². The van der Waals surface area contributed by atoms with Crippen LogP contribution in [0.5, 0.6) is 17.2 Å². The van der Waals surface area contributed by atoms with E-state index in [4.69, 9.17) is 9.47 Å². The van der Waals surface area contributed by atoms with Gasteiger partial charge in [-0.1, -0.05) is 18.2 Å². The molecule has 1 heterocycles. The zero-order chi connectivity index (χ0) is 22.5. The molecular weight excluding hydrogens is 409 g/mol. The minimum Gasteiger partial charge on any atom is -0.494 e. The van der Waals surface area contributed by atoms with Crippen LogP contribution in [0.15, 0.2) is 84.7 Å². The van der Waals surface area contributed by atoms with E-state index in [9.17, 15) is 9.18 Å². The number of methoxy groups -OCH3 is 1. The maximum Gasteiger partial charge on any atom is 0.326 e. The molecule has 32 heavy (non-hydrogen) atoms. The molecule has 1 aliphatic rings. The van der Waals surface area contributed by atoms with Crippen LogP contribution in [0.4, 0.5) is 14.9 Å². The molecule has 0 saturated carbocycles. The first kappa shape index (κ1) is 21.1. The molecule has 0 aliphatic heterocycles. The highest BCUT2D eigenvalue weighted by Crippen LogP contribution is 2.33. The summed E-state index contributed by atoms with van der Waals surface area (Å²) in [6, 6.07) is 11.3. The van der Waals surface area contributed by atoms with Crippen molar-refractivity contribution in [3.8, 4) is 17.2 Å². The molecular formula is C25H22FN3O3. The fraction of sp³-hybridized carbons (Fsp3) is 0.120. The van der Waals surface area contributed by atoms with Crippen LogP contribution in [0.2, 0.25) is 0 Å². The molecule has 0 radical (unpaired) electrons. The maximum absolute atomic E-state index is 14.0. The lowest BCUT2D eigenvalue weighted by molar-refractivity contribution is 0.233. The number of hydrogen-bond acceptors (Lipinski definition) is 4. The molecule has 1 N–H and O–H groups in total. The monoisotopic (exact) mass is 431 g/mol. The molecule has 0 unspecified atom stereocenters. The second-order valence-electron chi connectivity index (χ2n) is 7.09. The van der Waals surface area contributed by atoms with Gasteiger partial charge in [0.1, 0.15) is 11.5 Å². The Morgan fingerprint density at radius 3 is 2.72 bits per heavy atom. The van der Waals surface area contributed by atoms with Crippen LogP contribution < -0.4 is 14.8 Å². The van der Waals surface area contributed by atoms with Crippen molar-refractivity contribution in [2.75, 3.05) is 19.5 Å². The summed E-state index contributed by atoms with van der Waals surface area (Å²) in [5.41, 5.74) is 1.89. The van der Waals surface area contributed by atoms with Crippen molar-refractivity contribution in [1.29, 1.82) is 0 Å². The maximum atomic E-state index is 14.0. The molecule has 3 aromatic rings. The molecule has 162 valence electrons. The van der Waals surface area contributed by atoms with Crippen LogP contribution in [0, 0.1) is 5.82 Å². The van der Waals surface area contributed by atoms with Gasteiger partial charge in [-0.25, -0.2) is 9.18 Å². The van der Waals surface area contributed by atoms with E-state index in [2.05, 4.69) is 10.3 Å². The normalized spacial score (nSPS) is 12.8. The summed E-state index contributed by atoms with van der Waals surface area (Å²) in [5.74, 6) is 0.712. The Kier molecular flexibility index (Phi) is 6.17. The lowest BCUT2D eigenvalue weighted by Crippen LogP contribution is -2.30. The summed E-state index contributed by atoms with van der Waals surface area (Å²) in [4.78, 5) is 18.3. The second-order valence-corrected chi connectivity index (χ2v) is 7.09. The van der Waals surface area contributed by atoms with Crippen molar-refractivity contribution >= 4 is 22.6 Å². The Labute approximate surface area is 185 Å². The molecule has 0 fully saturated rings. The third-order valence-electron chi connectivity index (χ3n) is 4.96.